The molecule has 0 radical (unpaired) electrons. The summed E-state index contributed by atoms with van der Waals surface area (Å²) in [7, 11) is 0. The molecule has 0 aliphatic rings. The Morgan fingerprint density at radius 1 is 1.19 bits per heavy atom. The van der Waals surface area contributed by atoms with Crippen LogP contribution < -0.4 is 4.74 Å². The SMILES string of the molecule is C=CC(C)c1ccccc1OCCC(F)CCCCCC. The number of benzene rings is 1. The number of unbranched alkanes of at least 4 members (excludes halogenated alkanes) is 3. The summed E-state index contributed by atoms with van der Waals surface area (Å²) < 4.78 is 19.5. The lowest BCUT2D eigenvalue weighted by molar-refractivity contribution is 0.221. The van der Waals surface area contributed by atoms with Gasteiger partial charge in [-0.2, -0.15) is 0 Å². The molecule has 2 atom stereocenters. The van der Waals surface area contributed by atoms with Gasteiger partial charge in [-0.25, -0.2) is 4.39 Å². The van der Waals surface area contributed by atoms with E-state index in [2.05, 4.69) is 20.4 Å². The highest BCUT2D eigenvalue weighted by Crippen LogP contribution is 2.27. The lowest BCUT2D eigenvalue weighted by Gasteiger charge is -2.15. The third-order valence-corrected chi connectivity index (χ3v) is 3.82. The fourth-order valence-corrected chi connectivity index (χ4v) is 2.35. The molecule has 0 aromatic heterocycles. The van der Waals surface area contributed by atoms with Gasteiger partial charge in [-0.05, 0) is 12.5 Å². The molecule has 0 N–H and O–H groups in total. The third kappa shape index (κ3) is 6.79. The van der Waals surface area contributed by atoms with E-state index in [1.54, 1.807) is 0 Å². The second-order valence-corrected chi connectivity index (χ2v) is 5.65. The summed E-state index contributed by atoms with van der Waals surface area (Å²) in [5, 5.41) is 0. The summed E-state index contributed by atoms with van der Waals surface area (Å²) >= 11 is 0. The third-order valence-electron chi connectivity index (χ3n) is 3.82. The summed E-state index contributed by atoms with van der Waals surface area (Å²) in [5.41, 5.74) is 1.12. The molecule has 2 heteroatoms. The Hall–Kier alpha value is -1.31. The van der Waals surface area contributed by atoms with E-state index >= 15 is 0 Å². The molecular weight excluding hydrogens is 263 g/mol. The minimum absolute atomic E-state index is 0.247. The number of hydrogen-bond donors (Lipinski definition) is 0. The Kier molecular flexibility index (Phi) is 8.80. The molecule has 1 aromatic carbocycles. The van der Waals surface area contributed by atoms with E-state index in [1.807, 2.05) is 30.3 Å². The zero-order chi connectivity index (χ0) is 15.5. The van der Waals surface area contributed by atoms with Crippen molar-refractivity contribution in [1.29, 1.82) is 0 Å². The van der Waals surface area contributed by atoms with E-state index in [9.17, 15) is 4.39 Å². The predicted molar refractivity (Wildman–Crippen MR) is 88.8 cm³/mol. The summed E-state index contributed by atoms with van der Waals surface area (Å²) in [5.74, 6) is 1.10. The highest BCUT2D eigenvalue weighted by molar-refractivity contribution is 5.37. The van der Waals surface area contributed by atoms with Gasteiger partial charge in [0.2, 0.25) is 0 Å². The Morgan fingerprint density at radius 3 is 2.67 bits per heavy atom. The van der Waals surface area contributed by atoms with Gasteiger partial charge in [0.25, 0.3) is 0 Å². The standard InChI is InChI=1S/C19H29FO/c1-4-6-7-8-11-17(20)14-15-21-19-13-10-9-12-18(19)16(3)5-2/h5,9-10,12-13,16-17H,2,4,6-8,11,14-15H2,1,3H3. The number of rotatable bonds is 11. The van der Waals surface area contributed by atoms with Crippen molar-refractivity contribution in [3.8, 4) is 5.75 Å². The van der Waals surface area contributed by atoms with Crippen LogP contribution in [0.2, 0.25) is 0 Å². The molecule has 1 aromatic rings. The summed E-state index contributed by atoms with van der Waals surface area (Å²) in [6.45, 7) is 8.51. The molecule has 0 fully saturated rings. The van der Waals surface area contributed by atoms with Crippen molar-refractivity contribution in [2.75, 3.05) is 6.61 Å². The fraction of sp³-hybridized carbons (Fsp3) is 0.579. The van der Waals surface area contributed by atoms with Crippen molar-refractivity contribution in [3.63, 3.8) is 0 Å². The van der Waals surface area contributed by atoms with Crippen molar-refractivity contribution < 1.29 is 9.13 Å². The fourth-order valence-electron chi connectivity index (χ4n) is 2.35. The molecule has 2 unspecified atom stereocenters. The van der Waals surface area contributed by atoms with Crippen LogP contribution in [0.25, 0.3) is 0 Å². The van der Waals surface area contributed by atoms with Crippen molar-refractivity contribution >= 4 is 0 Å². The molecule has 1 rings (SSSR count). The van der Waals surface area contributed by atoms with Crippen LogP contribution in [0.3, 0.4) is 0 Å². The molecule has 0 saturated heterocycles. The molecule has 118 valence electrons. The molecule has 0 saturated carbocycles. The van der Waals surface area contributed by atoms with E-state index in [4.69, 9.17) is 4.74 Å². The minimum atomic E-state index is -0.745. The number of para-hydroxylation sites is 1. The number of hydrogen-bond acceptors (Lipinski definition) is 1. The quantitative estimate of drug-likeness (QED) is 0.356. The first-order valence-electron chi connectivity index (χ1n) is 8.17. The smallest absolute Gasteiger partial charge is 0.123 e. The lowest BCUT2D eigenvalue weighted by Crippen LogP contribution is -2.09. The molecule has 0 amide bonds. The average Bonchev–Trinajstić information content (AvgIpc) is 2.51. The Labute approximate surface area is 129 Å². The molecule has 0 aliphatic heterocycles. The number of halogens is 1. The number of allylic oxidation sites excluding steroid dienone is 1. The maximum atomic E-state index is 13.8. The molecule has 0 aliphatic carbocycles. The van der Waals surface area contributed by atoms with Crippen molar-refractivity contribution in [2.45, 2.75) is 64.5 Å². The van der Waals surface area contributed by atoms with E-state index < -0.39 is 6.17 Å². The van der Waals surface area contributed by atoms with Gasteiger partial charge in [0, 0.05) is 17.9 Å². The number of alkyl halides is 1. The maximum Gasteiger partial charge on any atom is 0.123 e. The second-order valence-electron chi connectivity index (χ2n) is 5.65. The van der Waals surface area contributed by atoms with Crippen LogP contribution in [0.4, 0.5) is 4.39 Å². The van der Waals surface area contributed by atoms with Crippen molar-refractivity contribution in [1.82, 2.24) is 0 Å². The van der Waals surface area contributed by atoms with Gasteiger partial charge in [-0.1, -0.05) is 63.8 Å². The van der Waals surface area contributed by atoms with Crippen molar-refractivity contribution in [2.24, 2.45) is 0 Å². The highest BCUT2D eigenvalue weighted by Gasteiger charge is 2.10. The van der Waals surface area contributed by atoms with Gasteiger partial charge in [0.05, 0.1) is 6.61 Å². The first-order valence-corrected chi connectivity index (χ1v) is 8.17. The maximum absolute atomic E-state index is 13.8. The lowest BCUT2D eigenvalue weighted by atomic mass is 10.0. The largest absolute Gasteiger partial charge is 0.493 e. The average molecular weight is 292 g/mol. The predicted octanol–water partition coefficient (Wildman–Crippen LogP) is 6.05. The van der Waals surface area contributed by atoms with E-state index in [0.29, 0.717) is 19.4 Å². The van der Waals surface area contributed by atoms with Crippen LogP contribution in [0.15, 0.2) is 36.9 Å². The van der Waals surface area contributed by atoms with E-state index in [0.717, 1.165) is 24.2 Å². The summed E-state index contributed by atoms with van der Waals surface area (Å²) in [6.07, 6.45) is 6.81. The minimum Gasteiger partial charge on any atom is -0.493 e. The molecule has 0 heterocycles. The van der Waals surface area contributed by atoms with Crippen LogP contribution in [0.5, 0.6) is 5.75 Å². The zero-order valence-corrected chi connectivity index (χ0v) is 13.5. The second kappa shape index (κ2) is 10.4. The Bertz CT molecular complexity index is 402. The summed E-state index contributed by atoms with van der Waals surface area (Å²) in [6, 6.07) is 7.93. The highest BCUT2D eigenvalue weighted by atomic mass is 19.1. The van der Waals surface area contributed by atoms with Crippen molar-refractivity contribution in [3.05, 3.63) is 42.5 Å². The number of ether oxygens (including phenoxy) is 1. The monoisotopic (exact) mass is 292 g/mol. The van der Waals surface area contributed by atoms with Crippen LogP contribution in [0.1, 0.15) is 63.9 Å². The van der Waals surface area contributed by atoms with Gasteiger partial charge < -0.3 is 4.74 Å². The van der Waals surface area contributed by atoms with Crippen LogP contribution in [-0.4, -0.2) is 12.8 Å². The van der Waals surface area contributed by atoms with E-state index in [-0.39, 0.29) is 5.92 Å². The Morgan fingerprint density at radius 2 is 1.95 bits per heavy atom. The molecule has 0 spiro atoms. The first-order chi connectivity index (χ1) is 10.2. The van der Waals surface area contributed by atoms with Crippen LogP contribution in [0, 0.1) is 0 Å². The van der Waals surface area contributed by atoms with Gasteiger partial charge in [-0.3, -0.25) is 0 Å². The molecule has 21 heavy (non-hydrogen) atoms. The van der Waals surface area contributed by atoms with Gasteiger partial charge in [0.1, 0.15) is 11.9 Å². The normalized spacial score (nSPS) is 13.7. The zero-order valence-electron chi connectivity index (χ0n) is 13.5. The van der Waals surface area contributed by atoms with Gasteiger partial charge in [0.15, 0.2) is 0 Å². The van der Waals surface area contributed by atoms with Gasteiger partial charge in [-0.15, -0.1) is 6.58 Å². The van der Waals surface area contributed by atoms with Crippen LogP contribution in [-0.2, 0) is 0 Å². The Balaban J connectivity index is 2.33. The van der Waals surface area contributed by atoms with E-state index in [1.165, 1.54) is 12.8 Å². The van der Waals surface area contributed by atoms with Crippen LogP contribution >= 0.6 is 0 Å². The van der Waals surface area contributed by atoms with Gasteiger partial charge >= 0.3 is 0 Å². The molecule has 1 nitrogen and oxygen atoms in total. The first kappa shape index (κ1) is 17.7. The topological polar surface area (TPSA) is 9.23 Å². The molecular formula is C19H29FO. The summed E-state index contributed by atoms with van der Waals surface area (Å²) in [4.78, 5) is 0. The molecule has 0 bridgehead atoms.